The summed E-state index contributed by atoms with van der Waals surface area (Å²) in [6.45, 7) is 11.7. The number of carbonyl (C=O) groups excluding carboxylic acids is 2. The second-order valence-corrected chi connectivity index (χ2v) is 9.18. The quantitative estimate of drug-likeness (QED) is 0.643. The van der Waals surface area contributed by atoms with Gasteiger partial charge in [-0.2, -0.15) is 0 Å². The minimum atomic E-state index is -0.203. The molecule has 0 radical (unpaired) electrons. The Morgan fingerprint density at radius 3 is 2.13 bits per heavy atom. The van der Waals surface area contributed by atoms with E-state index in [0.717, 1.165) is 35.0 Å². The van der Waals surface area contributed by atoms with E-state index in [-0.39, 0.29) is 18.0 Å². The molecule has 1 aliphatic heterocycles. The number of hydrogen-bond acceptors (Lipinski definition) is 3. The molecule has 166 valence electrons. The fraction of sp³-hybridized carbons (Fsp3) is 0.500. The number of amides is 2. The molecular formula is C24H33N5O2. The summed E-state index contributed by atoms with van der Waals surface area (Å²) < 4.78 is 3.84. The number of hydrogen-bond donors (Lipinski definition) is 0. The molecule has 7 heteroatoms. The minimum Gasteiger partial charge on any atom is -0.337 e. The number of aromatic nitrogens is 2. The van der Waals surface area contributed by atoms with Gasteiger partial charge in [-0.05, 0) is 39.8 Å². The fourth-order valence-electron chi connectivity index (χ4n) is 4.67. The molecule has 0 saturated carbocycles. The van der Waals surface area contributed by atoms with E-state index < -0.39 is 0 Å². The van der Waals surface area contributed by atoms with E-state index in [2.05, 4.69) is 43.2 Å². The Kier molecular flexibility index (Phi) is 5.56. The third kappa shape index (κ3) is 3.51. The summed E-state index contributed by atoms with van der Waals surface area (Å²) in [4.78, 5) is 32.7. The Labute approximate surface area is 183 Å². The van der Waals surface area contributed by atoms with Crippen molar-refractivity contribution in [3.63, 3.8) is 0 Å². The summed E-state index contributed by atoms with van der Waals surface area (Å²) in [5, 5.41) is 0.991. The van der Waals surface area contributed by atoms with E-state index in [0.29, 0.717) is 24.8 Å². The maximum atomic E-state index is 13.6. The van der Waals surface area contributed by atoms with Crippen LogP contribution in [0, 0.1) is 0 Å². The summed E-state index contributed by atoms with van der Waals surface area (Å²) >= 11 is 0. The average Bonchev–Trinajstić information content (AvgIpc) is 3.27. The van der Waals surface area contributed by atoms with Crippen LogP contribution >= 0.6 is 0 Å². The van der Waals surface area contributed by atoms with Crippen LogP contribution < -0.4 is 0 Å². The van der Waals surface area contributed by atoms with Crippen LogP contribution in [0.4, 0.5) is 4.79 Å². The van der Waals surface area contributed by atoms with Crippen LogP contribution in [-0.4, -0.2) is 82.1 Å². The van der Waals surface area contributed by atoms with Gasteiger partial charge in [0.25, 0.3) is 5.91 Å². The highest BCUT2D eigenvalue weighted by atomic mass is 16.2. The van der Waals surface area contributed by atoms with Crippen molar-refractivity contribution < 1.29 is 9.59 Å². The molecule has 1 aliphatic rings. The van der Waals surface area contributed by atoms with E-state index in [4.69, 9.17) is 0 Å². The predicted molar refractivity (Wildman–Crippen MR) is 125 cm³/mol. The van der Waals surface area contributed by atoms with Crippen LogP contribution in [0.3, 0.4) is 0 Å². The first-order valence-electron chi connectivity index (χ1n) is 11.1. The molecule has 1 aromatic carbocycles. The monoisotopic (exact) mass is 423 g/mol. The number of para-hydroxylation sites is 1. The summed E-state index contributed by atoms with van der Waals surface area (Å²) in [5.74, 6) is -0.0748. The molecule has 0 aliphatic carbocycles. The van der Waals surface area contributed by atoms with Crippen LogP contribution in [0.25, 0.3) is 21.9 Å². The van der Waals surface area contributed by atoms with Gasteiger partial charge in [-0.15, -0.1) is 0 Å². The lowest BCUT2D eigenvalue weighted by atomic mass is 10.2. The zero-order valence-electron chi connectivity index (χ0n) is 19.4. The van der Waals surface area contributed by atoms with Crippen molar-refractivity contribution in [3.05, 3.63) is 36.0 Å². The Bertz CT molecular complexity index is 1130. The summed E-state index contributed by atoms with van der Waals surface area (Å²) in [6.07, 6.45) is 0. The third-order valence-electron chi connectivity index (χ3n) is 6.30. The second kappa shape index (κ2) is 8.04. The zero-order valence-corrected chi connectivity index (χ0v) is 19.4. The van der Waals surface area contributed by atoms with Gasteiger partial charge in [0.2, 0.25) is 0 Å². The lowest BCUT2D eigenvalue weighted by Gasteiger charge is -2.37. The summed E-state index contributed by atoms with van der Waals surface area (Å²) in [6, 6.07) is 10.5. The molecule has 0 N–H and O–H groups in total. The fourth-order valence-corrected chi connectivity index (χ4v) is 4.67. The molecule has 1 fully saturated rings. The standard InChI is InChI=1S/C24H33N5O2/c1-16(2)26-11-13-27(14-12-26)23(30)21-15-20-22(29(21)24(31)25(5)6)18-9-7-8-10-19(18)28(20)17(3)4/h7-10,15-17H,11-14H2,1-6H3. The smallest absolute Gasteiger partial charge is 0.328 e. The third-order valence-corrected chi connectivity index (χ3v) is 6.30. The van der Waals surface area contributed by atoms with Gasteiger partial charge in [-0.3, -0.25) is 14.3 Å². The minimum absolute atomic E-state index is 0.0748. The Morgan fingerprint density at radius 2 is 1.55 bits per heavy atom. The molecule has 2 amide bonds. The molecule has 0 unspecified atom stereocenters. The van der Waals surface area contributed by atoms with Crippen molar-refractivity contribution in [3.8, 4) is 0 Å². The second-order valence-electron chi connectivity index (χ2n) is 9.18. The molecule has 2 aromatic heterocycles. The maximum absolute atomic E-state index is 13.6. The predicted octanol–water partition coefficient (Wildman–Crippen LogP) is 3.87. The van der Waals surface area contributed by atoms with Gasteiger partial charge in [0.15, 0.2) is 0 Å². The van der Waals surface area contributed by atoms with Crippen molar-refractivity contribution >= 4 is 33.9 Å². The van der Waals surface area contributed by atoms with E-state index >= 15 is 0 Å². The van der Waals surface area contributed by atoms with Gasteiger partial charge in [-0.1, -0.05) is 18.2 Å². The first-order chi connectivity index (χ1) is 14.7. The molecule has 0 spiro atoms. The van der Waals surface area contributed by atoms with Crippen LogP contribution in [0.15, 0.2) is 30.3 Å². The van der Waals surface area contributed by atoms with E-state index in [1.165, 1.54) is 4.90 Å². The largest absolute Gasteiger partial charge is 0.337 e. The Hall–Kier alpha value is -2.80. The Morgan fingerprint density at radius 1 is 0.903 bits per heavy atom. The first kappa shape index (κ1) is 21.4. The van der Waals surface area contributed by atoms with Gasteiger partial charge >= 0.3 is 6.03 Å². The molecular weight excluding hydrogens is 390 g/mol. The van der Waals surface area contributed by atoms with E-state index in [1.807, 2.05) is 29.2 Å². The molecule has 4 rings (SSSR count). The topological polar surface area (TPSA) is 53.7 Å². The highest BCUT2D eigenvalue weighted by molar-refractivity contribution is 6.14. The van der Waals surface area contributed by atoms with Crippen molar-refractivity contribution in [2.45, 2.75) is 39.8 Å². The highest BCUT2D eigenvalue weighted by Gasteiger charge is 2.31. The van der Waals surface area contributed by atoms with Gasteiger partial charge in [0, 0.05) is 57.7 Å². The number of carbonyl (C=O) groups is 2. The van der Waals surface area contributed by atoms with E-state index in [9.17, 15) is 9.59 Å². The molecule has 3 heterocycles. The summed E-state index contributed by atoms with van der Waals surface area (Å²) in [5.41, 5.74) is 3.26. The number of rotatable bonds is 3. The van der Waals surface area contributed by atoms with E-state index in [1.54, 1.807) is 18.7 Å². The average molecular weight is 424 g/mol. The van der Waals surface area contributed by atoms with Gasteiger partial charge < -0.3 is 14.4 Å². The molecule has 7 nitrogen and oxygen atoms in total. The van der Waals surface area contributed by atoms with Crippen LogP contribution in [-0.2, 0) is 0 Å². The normalized spacial score (nSPS) is 15.5. The van der Waals surface area contributed by atoms with Crippen molar-refractivity contribution in [1.29, 1.82) is 0 Å². The Balaban J connectivity index is 1.87. The lowest BCUT2D eigenvalue weighted by Crippen LogP contribution is -2.51. The number of piperazine rings is 1. The molecule has 3 aromatic rings. The molecule has 1 saturated heterocycles. The number of benzene rings is 1. The molecule has 0 atom stereocenters. The van der Waals surface area contributed by atoms with Crippen LogP contribution in [0.5, 0.6) is 0 Å². The van der Waals surface area contributed by atoms with Gasteiger partial charge in [0.05, 0.1) is 16.6 Å². The SMILES string of the molecule is CC(C)N1CCN(C(=O)c2cc3c(c4ccccc4n3C(C)C)n2C(=O)N(C)C)CC1. The lowest BCUT2D eigenvalue weighted by molar-refractivity contribution is 0.0586. The zero-order chi connectivity index (χ0) is 22.4. The molecule has 31 heavy (non-hydrogen) atoms. The van der Waals surface area contributed by atoms with Gasteiger partial charge in [-0.25, -0.2) is 4.79 Å². The summed E-state index contributed by atoms with van der Waals surface area (Å²) in [7, 11) is 3.46. The maximum Gasteiger partial charge on any atom is 0.328 e. The molecule has 0 bridgehead atoms. The highest BCUT2D eigenvalue weighted by Crippen LogP contribution is 2.35. The van der Waals surface area contributed by atoms with Crippen LogP contribution in [0.1, 0.15) is 44.2 Å². The number of fused-ring (bicyclic) bond motifs is 3. The van der Waals surface area contributed by atoms with Gasteiger partial charge in [0.1, 0.15) is 5.69 Å². The van der Waals surface area contributed by atoms with Crippen molar-refractivity contribution in [1.82, 2.24) is 23.8 Å². The number of nitrogens with zero attached hydrogens (tertiary/aromatic N) is 5. The first-order valence-corrected chi connectivity index (χ1v) is 11.1. The van der Waals surface area contributed by atoms with Crippen LogP contribution in [0.2, 0.25) is 0 Å². The van der Waals surface area contributed by atoms with Crippen molar-refractivity contribution in [2.24, 2.45) is 0 Å². The van der Waals surface area contributed by atoms with Crippen molar-refractivity contribution in [2.75, 3.05) is 40.3 Å².